The van der Waals surface area contributed by atoms with E-state index < -0.39 is 41.4 Å². The summed E-state index contributed by atoms with van der Waals surface area (Å²) in [7, 11) is 0. The molecule has 0 spiro atoms. The van der Waals surface area contributed by atoms with Crippen molar-refractivity contribution in [2.24, 2.45) is 22.6 Å². The van der Waals surface area contributed by atoms with Crippen LogP contribution >= 0.6 is 0 Å². The molecule has 12 N–H and O–H groups in total. The molecule has 45 heavy (non-hydrogen) atoms. The zero-order chi connectivity index (χ0) is 33.4. The van der Waals surface area contributed by atoms with Gasteiger partial charge in [0.15, 0.2) is 0 Å². The normalized spacial score (nSPS) is 14.1. The number of carbonyl (C=O) groups excluding carboxylic acids is 5. The number of H-pyrrole nitrogens is 2. The smallest absolute Gasteiger partial charge is 0.242 e. The third-order valence-electron chi connectivity index (χ3n) is 7.06. The highest BCUT2D eigenvalue weighted by Gasteiger charge is 2.27. The van der Waals surface area contributed by atoms with Gasteiger partial charge in [-0.1, -0.05) is 20.8 Å². The molecule has 2 aromatic heterocycles. The molecule has 0 bridgehead atoms. The molecule has 0 aliphatic carbocycles. The van der Waals surface area contributed by atoms with Gasteiger partial charge in [0, 0.05) is 55.1 Å². The van der Waals surface area contributed by atoms with Gasteiger partial charge in [-0.15, -0.1) is 0 Å². The number of hydrogen-bond acceptors (Lipinski definition) is 9. The summed E-state index contributed by atoms with van der Waals surface area (Å²) in [5, 5.41) is 11.0. The molecule has 4 atom stereocenters. The predicted molar refractivity (Wildman–Crippen MR) is 167 cm³/mol. The number of unbranched alkanes of at least 4 members (excludes halogenated alkanes) is 2. The molecule has 0 aliphatic heterocycles. The van der Waals surface area contributed by atoms with Gasteiger partial charge in [0.25, 0.3) is 0 Å². The van der Waals surface area contributed by atoms with Crippen molar-refractivity contribution in [2.45, 2.75) is 96.3 Å². The second-order valence-corrected chi connectivity index (χ2v) is 12.1. The van der Waals surface area contributed by atoms with E-state index in [0.29, 0.717) is 57.2 Å². The largest absolute Gasteiger partial charge is 0.368 e. The Kier molecular flexibility index (Phi) is 15.2. The highest BCUT2D eigenvalue weighted by Crippen LogP contribution is 2.14. The van der Waals surface area contributed by atoms with Crippen LogP contribution in [-0.2, 0) is 36.8 Å². The maximum absolute atomic E-state index is 13.1. The van der Waals surface area contributed by atoms with E-state index in [4.69, 9.17) is 17.2 Å². The molecule has 5 amide bonds. The van der Waals surface area contributed by atoms with Gasteiger partial charge in [-0.25, -0.2) is 9.97 Å². The van der Waals surface area contributed by atoms with Crippen LogP contribution in [0.25, 0.3) is 0 Å². The Morgan fingerprint density at radius 3 is 1.69 bits per heavy atom. The van der Waals surface area contributed by atoms with Crippen LogP contribution in [0.3, 0.4) is 0 Å². The lowest BCUT2D eigenvalue weighted by Gasteiger charge is -2.22. The Hall–Kier alpha value is -4.31. The summed E-state index contributed by atoms with van der Waals surface area (Å²) in [5.41, 5.74) is 18.3. The minimum absolute atomic E-state index is 0.220. The molecule has 0 radical (unpaired) electrons. The molecule has 4 unspecified atom stereocenters. The zero-order valence-corrected chi connectivity index (χ0v) is 26.4. The third kappa shape index (κ3) is 13.9. The highest BCUT2D eigenvalue weighted by atomic mass is 16.2. The van der Waals surface area contributed by atoms with Crippen molar-refractivity contribution >= 4 is 29.5 Å². The van der Waals surface area contributed by atoms with E-state index in [2.05, 4.69) is 41.2 Å². The zero-order valence-electron chi connectivity index (χ0n) is 26.4. The van der Waals surface area contributed by atoms with Crippen molar-refractivity contribution in [1.29, 1.82) is 0 Å². The molecular formula is C29H49N11O5. The fraction of sp³-hybridized carbons (Fsp3) is 0.621. The van der Waals surface area contributed by atoms with Gasteiger partial charge in [-0.3, -0.25) is 24.0 Å². The van der Waals surface area contributed by atoms with E-state index in [-0.39, 0.29) is 30.7 Å². The molecular weight excluding hydrogens is 582 g/mol. The topological polar surface area (TPSA) is 269 Å². The Balaban J connectivity index is 1.84. The minimum Gasteiger partial charge on any atom is -0.368 e. The predicted octanol–water partition coefficient (Wildman–Crippen LogP) is -1.35. The van der Waals surface area contributed by atoms with Crippen LogP contribution in [0.2, 0.25) is 0 Å². The summed E-state index contributed by atoms with van der Waals surface area (Å²) in [4.78, 5) is 75.9. The van der Waals surface area contributed by atoms with Gasteiger partial charge in [0.1, 0.15) is 12.1 Å². The highest BCUT2D eigenvalue weighted by molar-refractivity contribution is 5.90. The van der Waals surface area contributed by atoms with E-state index in [1.54, 1.807) is 33.2 Å². The standard InChI is InChI=1S/C29H49N11O5/c1-29(2,3)28(45)40-22(24(32)41)8-4-6-11-36-27(44)23(39-26(43)21(31)13-19-15-34-17-38-19)9-5-7-10-35-25(42)20(30)12-18-14-33-16-37-18/h14-17,20-23H,4-13,30-31H2,1-3H3,(H2,32,41)(H,33,37)(H,34,38)(H,35,42)(H,36,44)(H,39,43)(H,40,45). The maximum atomic E-state index is 13.1. The average Bonchev–Trinajstić information content (AvgIpc) is 3.69. The van der Waals surface area contributed by atoms with Crippen LogP contribution in [-0.4, -0.2) is 86.7 Å². The molecule has 2 aromatic rings. The number of rotatable bonds is 20. The summed E-state index contributed by atoms with van der Waals surface area (Å²) < 4.78 is 0. The Bertz CT molecular complexity index is 1210. The van der Waals surface area contributed by atoms with Crippen LogP contribution in [0.4, 0.5) is 0 Å². The first-order chi connectivity index (χ1) is 21.3. The van der Waals surface area contributed by atoms with Crippen molar-refractivity contribution in [3.8, 4) is 0 Å². The van der Waals surface area contributed by atoms with Crippen molar-refractivity contribution in [3.05, 3.63) is 36.4 Å². The number of aromatic amines is 2. The van der Waals surface area contributed by atoms with Crippen LogP contribution in [0.15, 0.2) is 25.0 Å². The van der Waals surface area contributed by atoms with E-state index in [1.807, 2.05) is 0 Å². The van der Waals surface area contributed by atoms with Crippen molar-refractivity contribution in [2.75, 3.05) is 13.1 Å². The Morgan fingerprint density at radius 1 is 0.733 bits per heavy atom. The van der Waals surface area contributed by atoms with E-state index in [9.17, 15) is 24.0 Å². The minimum atomic E-state index is -0.898. The van der Waals surface area contributed by atoms with Gasteiger partial charge in [-0.2, -0.15) is 0 Å². The van der Waals surface area contributed by atoms with Crippen LogP contribution in [0, 0.1) is 5.41 Å². The number of nitrogens with one attached hydrogen (secondary N) is 6. The molecule has 0 aromatic carbocycles. The van der Waals surface area contributed by atoms with Gasteiger partial charge in [0.05, 0.1) is 24.7 Å². The van der Waals surface area contributed by atoms with Crippen molar-refractivity contribution in [1.82, 2.24) is 41.2 Å². The molecule has 2 rings (SSSR count). The van der Waals surface area contributed by atoms with Gasteiger partial charge in [0.2, 0.25) is 29.5 Å². The number of aromatic nitrogens is 4. The van der Waals surface area contributed by atoms with E-state index >= 15 is 0 Å². The second-order valence-electron chi connectivity index (χ2n) is 12.1. The molecule has 0 saturated carbocycles. The number of nitrogens with two attached hydrogens (primary N) is 3. The Morgan fingerprint density at radius 2 is 1.22 bits per heavy atom. The fourth-order valence-electron chi connectivity index (χ4n) is 4.28. The van der Waals surface area contributed by atoms with Crippen LogP contribution in [0.1, 0.15) is 70.7 Å². The first-order valence-electron chi connectivity index (χ1n) is 15.2. The summed E-state index contributed by atoms with van der Waals surface area (Å²) in [6.45, 7) is 5.86. The van der Waals surface area contributed by atoms with Gasteiger partial charge in [-0.05, 0) is 38.5 Å². The molecule has 0 aliphatic rings. The van der Waals surface area contributed by atoms with Gasteiger partial charge < -0.3 is 48.4 Å². The lowest BCUT2D eigenvalue weighted by atomic mass is 9.94. The molecule has 16 nitrogen and oxygen atoms in total. The number of nitrogens with zero attached hydrogens (tertiary/aromatic N) is 2. The molecule has 16 heteroatoms. The quantitative estimate of drug-likeness (QED) is 0.0780. The first-order valence-corrected chi connectivity index (χ1v) is 15.2. The number of primary amides is 1. The van der Waals surface area contributed by atoms with E-state index in [0.717, 1.165) is 5.69 Å². The summed E-state index contributed by atoms with van der Waals surface area (Å²) in [6.07, 6.45) is 9.50. The lowest BCUT2D eigenvalue weighted by Crippen LogP contribution is -2.52. The van der Waals surface area contributed by atoms with Crippen LogP contribution in [0.5, 0.6) is 0 Å². The molecule has 0 saturated heterocycles. The SMILES string of the molecule is CC(C)(C)C(=O)NC(CCCCNC(=O)C(CCCCNC(=O)C(N)Cc1cnc[nH]1)NC(=O)C(N)Cc1cnc[nH]1)C(N)=O. The fourth-order valence-corrected chi connectivity index (χ4v) is 4.28. The molecule has 0 fully saturated rings. The average molecular weight is 632 g/mol. The van der Waals surface area contributed by atoms with Gasteiger partial charge >= 0.3 is 0 Å². The number of carbonyl (C=O) groups is 5. The number of amides is 5. The first kappa shape index (κ1) is 36.9. The maximum Gasteiger partial charge on any atom is 0.242 e. The van der Waals surface area contributed by atoms with E-state index in [1.165, 1.54) is 12.7 Å². The third-order valence-corrected chi connectivity index (χ3v) is 7.06. The summed E-state index contributed by atoms with van der Waals surface area (Å²) >= 11 is 0. The van der Waals surface area contributed by atoms with Crippen LogP contribution < -0.4 is 38.5 Å². The number of hydrogen-bond donors (Lipinski definition) is 9. The summed E-state index contributed by atoms with van der Waals surface area (Å²) in [5.74, 6) is -2.06. The molecule has 2 heterocycles. The Labute approximate surface area is 263 Å². The van der Waals surface area contributed by atoms with Crippen molar-refractivity contribution < 1.29 is 24.0 Å². The summed E-state index contributed by atoms with van der Waals surface area (Å²) in [6, 6.07) is -3.29. The molecule has 250 valence electrons. The second kappa shape index (κ2) is 18.5. The van der Waals surface area contributed by atoms with Crippen molar-refractivity contribution in [3.63, 3.8) is 0 Å². The monoisotopic (exact) mass is 631 g/mol. The lowest BCUT2D eigenvalue weighted by molar-refractivity contribution is -0.132. The number of imidazole rings is 2.